The first-order valence-electron chi connectivity index (χ1n) is 12.7. The third kappa shape index (κ3) is 5.65. The van der Waals surface area contributed by atoms with Gasteiger partial charge in [-0.15, -0.1) is 0 Å². The van der Waals surface area contributed by atoms with Gasteiger partial charge < -0.3 is 15.0 Å². The summed E-state index contributed by atoms with van der Waals surface area (Å²) >= 11 is 0. The van der Waals surface area contributed by atoms with E-state index < -0.39 is 0 Å². The van der Waals surface area contributed by atoms with Crippen LogP contribution in [0, 0.1) is 0 Å². The number of carbonyl (C=O) groups is 2. The summed E-state index contributed by atoms with van der Waals surface area (Å²) in [6.07, 6.45) is 0. The highest BCUT2D eigenvalue weighted by atomic mass is 16.5. The smallest absolute Gasteiger partial charge is 0.320 e. The number of piperazine rings is 1. The fourth-order valence-corrected chi connectivity index (χ4v) is 4.87. The van der Waals surface area contributed by atoms with Crippen LogP contribution in [0.25, 0.3) is 21.9 Å². The molecule has 1 amide bonds. The van der Waals surface area contributed by atoms with Crippen LogP contribution in [-0.4, -0.2) is 56.1 Å². The molecule has 1 N–H and O–H groups in total. The van der Waals surface area contributed by atoms with Gasteiger partial charge in [-0.25, -0.2) is 0 Å². The topological polar surface area (TPSA) is 61.9 Å². The van der Waals surface area contributed by atoms with E-state index in [1.807, 2.05) is 67.6 Å². The Labute approximate surface area is 217 Å². The van der Waals surface area contributed by atoms with Crippen LogP contribution in [0.2, 0.25) is 0 Å². The van der Waals surface area contributed by atoms with Gasteiger partial charge in [0.2, 0.25) is 0 Å². The molecule has 0 spiro atoms. The normalized spacial score (nSPS) is 13.9. The Kier molecular flexibility index (Phi) is 7.47. The summed E-state index contributed by atoms with van der Waals surface area (Å²) in [5.41, 5.74) is 4.53. The van der Waals surface area contributed by atoms with Gasteiger partial charge in [0.15, 0.2) is 0 Å². The van der Waals surface area contributed by atoms with Crippen molar-refractivity contribution in [3.8, 4) is 11.1 Å². The molecule has 188 valence electrons. The van der Waals surface area contributed by atoms with Crippen molar-refractivity contribution in [3.63, 3.8) is 0 Å². The molecule has 0 saturated carbocycles. The van der Waals surface area contributed by atoms with E-state index in [1.54, 1.807) is 0 Å². The first kappa shape index (κ1) is 24.5. The third-order valence-electron chi connectivity index (χ3n) is 6.76. The van der Waals surface area contributed by atoms with Crippen LogP contribution in [0.15, 0.2) is 91.0 Å². The number of nitrogens with one attached hydrogen (secondary N) is 1. The molecule has 0 aromatic heterocycles. The van der Waals surface area contributed by atoms with Crippen LogP contribution >= 0.6 is 0 Å². The fourth-order valence-electron chi connectivity index (χ4n) is 4.87. The molecule has 1 heterocycles. The van der Waals surface area contributed by atoms with Gasteiger partial charge in [0.1, 0.15) is 0 Å². The number of ether oxygens (including phenoxy) is 1. The van der Waals surface area contributed by atoms with Crippen molar-refractivity contribution in [1.29, 1.82) is 0 Å². The van der Waals surface area contributed by atoms with E-state index in [0.29, 0.717) is 18.7 Å². The van der Waals surface area contributed by atoms with Gasteiger partial charge in [0.25, 0.3) is 5.91 Å². The number of nitrogens with zero attached hydrogens (tertiary/aromatic N) is 2. The zero-order chi connectivity index (χ0) is 25.6. The van der Waals surface area contributed by atoms with E-state index in [1.165, 1.54) is 0 Å². The van der Waals surface area contributed by atoms with Gasteiger partial charge in [-0.3, -0.25) is 14.5 Å². The number of esters is 1. The predicted molar refractivity (Wildman–Crippen MR) is 149 cm³/mol. The van der Waals surface area contributed by atoms with Crippen LogP contribution < -0.4 is 10.2 Å². The van der Waals surface area contributed by atoms with Crippen molar-refractivity contribution in [2.24, 2.45) is 0 Å². The molecule has 1 aliphatic heterocycles. The molecule has 1 saturated heterocycles. The van der Waals surface area contributed by atoms with E-state index in [9.17, 15) is 9.59 Å². The van der Waals surface area contributed by atoms with Crippen molar-refractivity contribution in [3.05, 3.63) is 96.6 Å². The monoisotopic (exact) mass is 493 g/mol. The van der Waals surface area contributed by atoms with E-state index in [0.717, 1.165) is 59.5 Å². The lowest BCUT2D eigenvalue weighted by atomic mass is 10.0. The average molecular weight is 494 g/mol. The molecule has 1 fully saturated rings. The Morgan fingerprint density at radius 1 is 0.811 bits per heavy atom. The minimum absolute atomic E-state index is 0.135. The second kappa shape index (κ2) is 11.3. The quantitative estimate of drug-likeness (QED) is 0.347. The van der Waals surface area contributed by atoms with Crippen LogP contribution in [0.4, 0.5) is 11.4 Å². The van der Waals surface area contributed by atoms with Crippen LogP contribution in [-0.2, 0) is 9.53 Å². The Bertz CT molecular complexity index is 1390. The third-order valence-corrected chi connectivity index (χ3v) is 6.76. The van der Waals surface area contributed by atoms with Gasteiger partial charge >= 0.3 is 5.97 Å². The molecule has 6 heteroatoms. The SMILES string of the molecule is CCOC(=O)CN1CCN(c2ccc(-c3ccccc3)cc2NC(=O)c2cccc3ccccc23)CC1. The van der Waals surface area contributed by atoms with Crippen molar-refractivity contribution >= 4 is 34.0 Å². The zero-order valence-electron chi connectivity index (χ0n) is 21.0. The number of benzene rings is 4. The van der Waals surface area contributed by atoms with Gasteiger partial charge in [0, 0.05) is 31.7 Å². The van der Waals surface area contributed by atoms with Crippen molar-refractivity contribution in [2.45, 2.75) is 6.92 Å². The highest BCUT2D eigenvalue weighted by molar-refractivity contribution is 6.14. The standard InChI is InChI=1S/C31H31N3O3/c1-2-37-30(35)22-33-17-19-34(20-18-33)29-16-15-25(23-9-4-3-5-10-23)21-28(29)32-31(36)27-14-8-12-24-11-6-7-13-26(24)27/h3-16,21H,2,17-20,22H2,1H3,(H,32,36). The summed E-state index contributed by atoms with van der Waals surface area (Å²) in [5, 5.41) is 5.18. The molecule has 0 bridgehead atoms. The van der Waals surface area contributed by atoms with E-state index >= 15 is 0 Å². The van der Waals surface area contributed by atoms with Gasteiger partial charge in [0.05, 0.1) is 24.5 Å². The molecule has 0 aliphatic carbocycles. The largest absolute Gasteiger partial charge is 0.465 e. The maximum atomic E-state index is 13.6. The molecule has 4 aromatic carbocycles. The number of anilines is 2. The minimum Gasteiger partial charge on any atom is -0.465 e. The Hall–Kier alpha value is -4.16. The number of hydrogen-bond donors (Lipinski definition) is 1. The number of carbonyl (C=O) groups excluding carboxylic acids is 2. The Morgan fingerprint density at radius 3 is 2.32 bits per heavy atom. The van der Waals surface area contributed by atoms with E-state index in [2.05, 4.69) is 45.4 Å². The number of hydrogen-bond acceptors (Lipinski definition) is 5. The van der Waals surface area contributed by atoms with Gasteiger partial charge in [-0.1, -0.05) is 72.8 Å². The number of amides is 1. The maximum Gasteiger partial charge on any atom is 0.320 e. The highest BCUT2D eigenvalue weighted by Gasteiger charge is 2.23. The second-order valence-corrected chi connectivity index (χ2v) is 9.15. The fraction of sp³-hybridized carbons (Fsp3) is 0.226. The lowest BCUT2D eigenvalue weighted by Gasteiger charge is -2.36. The van der Waals surface area contributed by atoms with Crippen LogP contribution in [0.3, 0.4) is 0 Å². The van der Waals surface area contributed by atoms with Crippen LogP contribution in [0.1, 0.15) is 17.3 Å². The number of fused-ring (bicyclic) bond motifs is 1. The second-order valence-electron chi connectivity index (χ2n) is 9.15. The summed E-state index contributed by atoms with van der Waals surface area (Å²) in [4.78, 5) is 29.9. The summed E-state index contributed by atoms with van der Waals surface area (Å²) in [7, 11) is 0. The van der Waals surface area contributed by atoms with E-state index in [-0.39, 0.29) is 11.9 Å². The van der Waals surface area contributed by atoms with Gasteiger partial charge in [-0.2, -0.15) is 0 Å². The molecular weight excluding hydrogens is 462 g/mol. The molecule has 4 aromatic rings. The minimum atomic E-state index is -0.189. The lowest BCUT2D eigenvalue weighted by molar-refractivity contribution is -0.144. The molecule has 1 aliphatic rings. The van der Waals surface area contributed by atoms with E-state index in [4.69, 9.17) is 4.74 Å². The van der Waals surface area contributed by atoms with Crippen molar-refractivity contribution < 1.29 is 14.3 Å². The van der Waals surface area contributed by atoms with Crippen molar-refractivity contribution in [1.82, 2.24) is 4.90 Å². The number of rotatable bonds is 7. The zero-order valence-corrected chi connectivity index (χ0v) is 21.0. The highest BCUT2D eigenvalue weighted by Crippen LogP contribution is 2.33. The van der Waals surface area contributed by atoms with Crippen LogP contribution in [0.5, 0.6) is 0 Å². The molecule has 0 unspecified atom stereocenters. The molecule has 6 nitrogen and oxygen atoms in total. The van der Waals surface area contributed by atoms with Gasteiger partial charge in [-0.05, 0) is 47.0 Å². The molecular formula is C31H31N3O3. The molecule has 0 atom stereocenters. The molecule has 0 radical (unpaired) electrons. The average Bonchev–Trinajstić information content (AvgIpc) is 2.94. The Morgan fingerprint density at radius 2 is 1.54 bits per heavy atom. The maximum absolute atomic E-state index is 13.6. The first-order valence-corrected chi connectivity index (χ1v) is 12.7. The predicted octanol–water partition coefficient (Wildman–Crippen LogP) is 5.44. The molecule has 37 heavy (non-hydrogen) atoms. The first-order chi connectivity index (χ1) is 18.1. The Balaban J connectivity index is 1.42. The summed E-state index contributed by atoms with van der Waals surface area (Å²) in [5.74, 6) is -0.324. The molecule has 5 rings (SSSR count). The summed E-state index contributed by atoms with van der Waals surface area (Å²) in [6.45, 7) is 5.52. The lowest BCUT2D eigenvalue weighted by Crippen LogP contribution is -2.48. The summed E-state index contributed by atoms with van der Waals surface area (Å²) < 4.78 is 5.11. The van der Waals surface area contributed by atoms with Crippen molar-refractivity contribution in [2.75, 3.05) is 49.5 Å². The summed E-state index contributed by atoms with van der Waals surface area (Å²) in [6, 6.07) is 30.1.